The molecule has 1 N–H and O–H groups in total. The number of hydrogen-bond acceptors (Lipinski definition) is 5. The minimum absolute atomic E-state index is 0.169. The van der Waals surface area contributed by atoms with Gasteiger partial charge in [-0.05, 0) is 18.2 Å². The lowest BCUT2D eigenvalue weighted by atomic mass is 10.2. The van der Waals surface area contributed by atoms with E-state index in [2.05, 4.69) is 15.3 Å². The van der Waals surface area contributed by atoms with Crippen LogP contribution < -0.4 is 5.32 Å². The lowest BCUT2D eigenvalue weighted by Gasteiger charge is -2.32. The summed E-state index contributed by atoms with van der Waals surface area (Å²) < 4.78 is 13.1. The minimum atomic E-state index is -0.360. The van der Waals surface area contributed by atoms with Crippen molar-refractivity contribution in [2.75, 3.05) is 31.5 Å². The standard InChI is InChI=1S/C16H16FN5O2/c17-13-2-1-3-14(8-13)20-16-18-9-12(10-19-16)15(24)22-6-4-21(11-23)5-7-22/h1-3,8-11H,4-7H2,(H,18,19,20). The number of nitrogens with one attached hydrogen (secondary N) is 1. The summed E-state index contributed by atoms with van der Waals surface area (Å²) in [5.74, 6) is -0.248. The van der Waals surface area contributed by atoms with Crippen molar-refractivity contribution in [1.29, 1.82) is 0 Å². The second-order valence-electron chi connectivity index (χ2n) is 5.36. The number of hydrogen-bond donors (Lipinski definition) is 1. The van der Waals surface area contributed by atoms with Gasteiger partial charge in [-0.15, -0.1) is 0 Å². The monoisotopic (exact) mass is 329 g/mol. The smallest absolute Gasteiger partial charge is 0.257 e. The molecule has 2 heterocycles. The van der Waals surface area contributed by atoms with Gasteiger partial charge in [0.2, 0.25) is 12.4 Å². The fourth-order valence-corrected chi connectivity index (χ4v) is 2.41. The Hall–Kier alpha value is -3.03. The number of carbonyl (C=O) groups is 2. The van der Waals surface area contributed by atoms with Gasteiger partial charge in [0.1, 0.15) is 5.82 Å². The Balaban J connectivity index is 1.64. The molecule has 1 aromatic carbocycles. The predicted molar refractivity (Wildman–Crippen MR) is 85.3 cm³/mol. The number of halogens is 1. The molecule has 0 aliphatic carbocycles. The first kappa shape index (κ1) is 15.9. The number of amides is 2. The summed E-state index contributed by atoms with van der Waals surface area (Å²) in [5.41, 5.74) is 0.901. The molecule has 1 aromatic heterocycles. The van der Waals surface area contributed by atoms with Crippen LogP contribution in [0.4, 0.5) is 16.0 Å². The van der Waals surface area contributed by atoms with Gasteiger partial charge in [-0.3, -0.25) is 9.59 Å². The summed E-state index contributed by atoms with van der Waals surface area (Å²) in [7, 11) is 0. The maximum atomic E-state index is 13.1. The van der Waals surface area contributed by atoms with Gasteiger partial charge in [-0.1, -0.05) is 6.07 Å². The highest BCUT2D eigenvalue weighted by atomic mass is 19.1. The van der Waals surface area contributed by atoms with Crippen molar-refractivity contribution >= 4 is 24.0 Å². The number of benzene rings is 1. The van der Waals surface area contributed by atoms with Gasteiger partial charge >= 0.3 is 0 Å². The fraction of sp³-hybridized carbons (Fsp3) is 0.250. The Morgan fingerprint density at radius 3 is 2.50 bits per heavy atom. The van der Waals surface area contributed by atoms with E-state index in [-0.39, 0.29) is 17.7 Å². The van der Waals surface area contributed by atoms with E-state index in [1.807, 2.05) is 0 Å². The van der Waals surface area contributed by atoms with E-state index in [0.29, 0.717) is 37.4 Å². The third-order valence-electron chi connectivity index (χ3n) is 3.73. The Kier molecular flexibility index (Phi) is 4.64. The highest BCUT2D eigenvalue weighted by Gasteiger charge is 2.21. The van der Waals surface area contributed by atoms with Crippen LogP contribution in [0.25, 0.3) is 0 Å². The molecule has 24 heavy (non-hydrogen) atoms. The van der Waals surface area contributed by atoms with E-state index >= 15 is 0 Å². The zero-order chi connectivity index (χ0) is 16.9. The number of aromatic nitrogens is 2. The number of rotatable bonds is 4. The van der Waals surface area contributed by atoms with Crippen LogP contribution >= 0.6 is 0 Å². The molecule has 0 unspecified atom stereocenters. The molecule has 0 saturated carbocycles. The normalized spacial score (nSPS) is 14.4. The van der Waals surface area contributed by atoms with Crippen LogP contribution in [-0.2, 0) is 4.79 Å². The Morgan fingerprint density at radius 2 is 1.88 bits per heavy atom. The molecule has 124 valence electrons. The maximum absolute atomic E-state index is 13.1. The molecular formula is C16H16FN5O2. The average Bonchev–Trinajstić information content (AvgIpc) is 2.62. The number of carbonyl (C=O) groups excluding carboxylic acids is 2. The SMILES string of the molecule is O=CN1CCN(C(=O)c2cnc(Nc3cccc(F)c3)nc2)CC1. The third-order valence-corrected chi connectivity index (χ3v) is 3.73. The van der Waals surface area contributed by atoms with Crippen LogP contribution in [0.5, 0.6) is 0 Å². The lowest BCUT2D eigenvalue weighted by molar-refractivity contribution is -0.119. The van der Waals surface area contributed by atoms with Crippen LogP contribution in [0.15, 0.2) is 36.7 Å². The molecule has 7 nitrogen and oxygen atoms in total. The van der Waals surface area contributed by atoms with Crippen LogP contribution in [0, 0.1) is 5.82 Å². The van der Waals surface area contributed by atoms with E-state index in [1.54, 1.807) is 21.9 Å². The first-order valence-electron chi connectivity index (χ1n) is 7.49. The third kappa shape index (κ3) is 3.65. The van der Waals surface area contributed by atoms with Gasteiger partial charge in [0, 0.05) is 44.3 Å². The number of piperazine rings is 1. The molecule has 2 aromatic rings. The summed E-state index contributed by atoms with van der Waals surface area (Å²) >= 11 is 0. The summed E-state index contributed by atoms with van der Waals surface area (Å²) in [6, 6.07) is 5.94. The Bertz CT molecular complexity index is 730. The summed E-state index contributed by atoms with van der Waals surface area (Å²) in [6.45, 7) is 2.02. The van der Waals surface area contributed by atoms with E-state index in [0.717, 1.165) is 6.41 Å². The van der Waals surface area contributed by atoms with Crippen LogP contribution in [0.2, 0.25) is 0 Å². The highest BCUT2D eigenvalue weighted by molar-refractivity contribution is 5.93. The number of nitrogens with zero attached hydrogens (tertiary/aromatic N) is 4. The molecule has 8 heteroatoms. The van der Waals surface area contributed by atoms with Gasteiger partial charge in [0.15, 0.2) is 0 Å². The van der Waals surface area contributed by atoms with Crippen molar-refractivity contribution < 1.29 is 14.0 Å². The fourth-order valence-electron chi connectivity index (χ4n) is 2.41. The van der Waals surface area contributed by atoms with E-state index in [1.165, 1.54) is 24.5 Å². The minimum Gasteiger partial charge on any atom is -0.342 e. The first-order valence-corrected chi connectivity index (χ1v) is 7.49. The van der Waals surface area contributed by atoms with Crippen molar-refractivity contribution in [2.24, 2.45) is 0 Å². The van der Waals surface area contributed by atoms with E-state index < -0.39 is 0 Å². The van der Waals surface area contributed by atoms with Crippen molar-refractivity contribution in [2.45, 2.75) is 0 Å². The topological polar surface area (TPSA) is 78.4 Å². The van der Waals surface area contributed by atoms with Gasteiger partial charge in [0.25, 0.3) is 5.91 Å². The van der Waals surface area contributed by atoms with Crippen molar-refractivity contribution in [1.82, 2.24) is 19.8 Å². The largest absolute Gasteiger partial charge is 0.342 e. The van der Waals surface area contributed by atoms with E-state index in [9.17, 15) is 14.0 Å². The summed E-state index contributed by atoms with van der Waals surface area (Å²) in [4.78, 5) is 34.5. The Labute approximate surface area is 138 Å². The maximum Gasteiger partial charge on any atom is 0.257 e. The highest BCUT2D eigenvalue weighted by Crippen LogP contribution is 2.14. The molecule has 0 atom stereocenters. The van der Waals surface area contributed by atoms with Gasteiger partial charge in [-0.25, -0.2) is 14.4 Å². The second kappa shape index (κ2) is 7.03. The lowest BCUT2D eigenvalue weighted by Crippen LogP contribution is -2.48. The predicted octanol–water partition coefficient (Wildman–Crippen LogP) is 1.27. The molecule has 0 radical (unpaired) electrons. The molecule has 3 rings (SSSR count). The molecule has 0 bridgehead atoms. The van der Waals surface area contributed by atoms with E-state index in [4.69, 9.17) is 0 Å². The molecule has 1 saturated heterocycles. The van der Waals surface area contributed by atoms with Crippen LogP contribution in [-0.4, -0.2) is 58.3 Å². The van der Waals surface area contributed by atoms with Crippen LogP contribution in [0.1, 0.15) is 10.4 Å². The quantitative estimate of drug-likeness (QED) is 0.855. The Morgan fingerprint density at radius 1 is 1.17 bits per heavy atom. The second-order valence-corrected chi connectivity index (χ2v) is 5.36. The number of anilines is 2. The van der Waals surface area contributed by atoms with Crippen molar-refractivity contribution in [3.05, 3.63) is 48.0 Å². The molecule has 1 aliphatic heterocycles. The molecule has 2 amide bonds. The van der Waals surface area contributed by atoms with Gasteiger partial charge < -0.3 is 15.1 Å². The molecule has 1 aliphatic rings. The zero-order valence-corrected chi connectivity index (χ0v) is 12.9. The van der Waals surface area contributed by atoms with Crippen LogP contribution in [0.3, 0.4) is 0 Å². The molecule has 0 spiro atoms. The van der Waals surface area contributed by atoms with Crippen molar-refractivity contribution in [3.8, 4) is 0 Å². The van der Waals surface area contributed by atoms with Crippen molar-refractivity contribution in [3.63, 3.8) is 0 Å². The molecule has 1 fully saturated rings. The first-order chi connectivity index (χ1) is 11.7. The van der Waals surface area contributed by atoms with Gasteiger partial charge in [0.05, 0.1) is 5.56 Å². The average molecular weight is 329 g/mol. The van der Waals surface area contributed by atoms with Gasteiger partial charge in [-0.2, -0.15) is 0 Å². The molecular weight excluding hydrogens is 313 g/mol. The summed E-state index contributed by atoms with van der Waals surface area (Å²) in [6.07, 6.45) is 3.66. The zero-order valence-electron chi connectivity index (χ0n) is 12.9. The summed E-state index contributed by atoms with van der Waals surface area (Å²) in [5, 5.41) is 2.87.